The number of thioether (sulfide) groups is 1. The van der Waals surface area contributed by atoms with Gasteiger partial charge in [0.15, 0.2) is 0 Å². The summed E-state index contributed by atoms with van der Waals surface area (Å²) in [6.07, 6.45) is 2.15. The first kappa shape index (κ1) is 15.5. The lowest BCUT2D eigenvalue weighted by molar-refractivity contribution is 0.178. The molecule has 0 radical (unpaired) electrons. The topological polar surface area (TPSA) is 33.1 Å². The van der Waals surface area contributed by atoms with E-state index < -0.39 is 6.10 Å². The molecule has 0 fully saturated rings. The number of aliphatic hydroxyl groups excluding tert-OH is 1. The van der Waals surface area contributed by atoms with E-state index in [9.17, 15) is 5.11 Å². The number of aromatic nitrogens is 1. The lowest BCUT2D eigenvalue weighted by Gasteiger charge is -2.14. The Morgan fingerprint density at radius 3 is 2.40 bits per heavy atom. The van der Waals surface area contributed by atoms with Crippen molar-refractivity contribution in [3.8, 4) is 0 Å². The highest BCUT2D eigenvalue weighted by Crippen LogP contribution is 2.27. The van der Waals surface area contributed by atoms with E-state index >= 15 is 0 Å². The predicted octanol–water partition coefficient (Wildman–Crippen LogP) is 4.44. The van der Waals surface area contributed by atoms with Crippen LogP contribution in [0.1, 0.15) is 43.1 Å². The zero-order chi connectivity index (χ0) is 14.8. The molecular weight excluding hydrogens is 286 g/mol. The molecule has 108 valence electrons. The summed E-state index contributed by atoms with van der Waals surface area (Å²) in [5, 5.41) is 13.4. The highest BCUT2D eigenvalue weighted by Gasteiger charge is 2.18. The highest BCUT2D eigenvalue weighted by atomic mass is 32.2. The van der Waals surface area contributed by atoms with Crippen LogP contribution in [0, 0.1) is 0 Å². The van der Waals surface area contributed by atoms with Crippen molar-refractivity contribution in [2.75, 3.05) is 6.26 Å². The maximum absolute atomic E-state index is 10.3. The van der Waals surface area contributed by atoms with Crippen LogP contribution in [-0.2, 0) is 11.8 Å². The van der Waals surface area contributed by atoms with Crippen LogP contribution in [0.4, 0.5) is 0 Å². The van der Waals surface area contributed by atoms with Gasteiger partial charge in [-0.05, 0) is 24.0 Å². The van der Waals surface area contributed by atoms with E-state index in [1.165, 1.54) is 4.90 Å². The summed E-state index contributed by atoms with van der Waals surface area (Å²) in [4.78, 5) is 5.85. The van der Waals surface area contributed by atoms with Gasteiger partial charge in [0.25, 0.3) is 0 Å². The van der Waals surface area contributed by atoms with Crippen molar-refractivity contribution in [2.45, 2.75) is 43.6 Å². The Morgan fingerprint density at radius 2 is 1.90 bits per heavy atom. The van der Waals surface area contributed by atoms with Crippen molar-refractivity contribution in [1.29, 1.82) is 0 Å². The smallest absolute Gasteiger partial charge is 0.0957 e. The van der Waals surface area contributed by atoms with Crippen molar-refractivity contribution < 1.29 is 5.11 Å². The number of hydrogen-bond acceptors (Lipinski definition) is 4. The van der Waals surface area contributed by atoms with Crippen LogP contribution in [0.3, 0.4) is 0 Å². The number of nitrogens with zero attached hydrogens (tertiary/aromatic N) is 1. The Labute approximate surface area is 129 Å². The summed E-state index contributed by atoms with van der Waals surface area (Å²) >= 11 is 3.34. The summed E-state index contributed by atoms with van der Waals surface area (Å²) in [7, 11) is 0. The fraction of sp³-hybridized carbons (Fsp3) is 0.438. The van der Waals surface area contributed by atoms with E-state index in [1.807, 2.05) is 24.3 Å². The third-order valence-corrected chi connectivity index (χ3v) is 4.80. The van der Waals surface area contributed by atoms with Gasteiger partial charge in [0, 0.05) is 22.1 Å². The maximum Gasteiger partial charge on any atom is 0.0957 e. The van der Waals surface area contributed by atoms with E-state index in [1.54, 1.807) is 23.1 Å². The molecule has 1 heterocycles. The summed E-state index contributed by atoms with van der Waals surface area (Å²) in [6.45, 7) is 6.47. The minimum absolute atomic E-state index is 0.0691. The lowest BCUT2D eigenvalue weighted by atomic mass is 9.93. The third kappa shape index (κ3) is 3.84. The average molecular weight is 307 g/mol. The van der Waals surface area contributed by atoms with E-state index in [0.29, 0.717) is 6.42 Å². The molecule has 0 saturated heterocycles. The minimum atomic E-state index is -0.482. The van der Waals surface area contributed by atoms with Crippen LogP contribution in [0.25, 0.3) is 0 Å². The second kappa shape index (κ2) is 6.29. The van der Waals surface area contributed by atoms with Gasteiger partial charge in [0.2, 0.25) is 0 Å². The van der Waals surface area contributed by atoms with Gasteiger partial charge in [-0.2, -0.15) is 0 Å². The van der Waals surface area contributed by atoms with Crippen molar-refractivity contribution in [3.05, 3.63) is 45.9 Å². The maximum atomic E-state index is 10.3. The normalized spacial score (nSPS) is 13.4. The van der Waals surface area contributed by atoms with Crippen LogP contribution in [0.2, 0.25) is 0 Å². The van der Waals surface area contributed by atoms with E-state index in [4.69, 9.17) is 0 Å². The van der Waals surface area contributed by atoms with Gasteiger partial charge in [-0.1, -0.05) is 32.9 Å². The first-order valence-corrected chi connectivity index (χ1v) is 8.77. The van der Waals surface area contributed by atoms with Crippen LogP contribution in [0.5, 0.6) is 0 Å². The summed E-state index contributed by atoms with van der Waals surface area (Å²) in [6, 6.07) is 8.08. The molecule has 1 atom stereocenters. The fourth-order valence-electron chi connectivity index (χ4n) is 1.86. The molecule has 0 spiro atoms. The van der Waals surface area contributed by atoms with Crippen LogP contribution < -0.4 is 0 Å². The number of benzene rings is 1. The number of hydrogen-bond donors (Lipinski definition) is 1. The van der Waals surface area contributed by atoms with E-state index in [0.717, 1.165) is 16.3 Å². The fourth-order valence-corrected chi connectivity index (χ4v) is 3.33. The second-order valence-electron chi connectivity index (χ2n) is 5.87. The van der Waals surface area contributed by atoms with Gasteiger partial charge in [-0.25, -0.2) is 4.98 Å². The standard InChI is InChI=1S/C16H21NOS2/c1-16(2,3)14-10-20-15(17-14)9-13(18)11-5-7-12(19-4)8-6-11/h5-8,10,13,18H,9H2,1-4H3. The van der Waals surface area contributed by atoms with Crippen molar-refractivity contribution in [1.82, 2.24) is 4.98 Å². The Kier molecular flexibility index (Phi) is 4.89. The minimum Gasteiger partial charge on any atom is -0.388 e. The Hall–Kier alpha value is -0.840. The zero-order valence-electron chi connectivity index (χ0n) is 12.4. The number of thiazole rings is 1. The first-order valence-electron chi connectivity index (χ1n) is 6.67. The molecule has 0 amide bonds. The third-order valence-electron chi connectivity index (χ3n) is 3.19. The van der Waals surface area contributed by atoms with E-state index in [-0.39, 0.29) is 5.41 Å². The van der Waals surface area contributed by atoms with Crippen molar-refractivity contribution in [3.63, 3.8) is 0 Å². The van der Waals surface area contributed by atoms with Crippen LogP contribution >= 0.6 is 23.1 Å². The van der Waals surface area contributed by atoms with Crippen molar-refractivity contribution in [2.24, 2.45) is 0 Å². The average Bonchev–Trinajstić information content (AvgIpc) is 2.87. The molecule has 0 aliphatic heterocycles. The SMILES string of the molecule is CSc1ccc(C(O)Cc2nc(C(C)(C)C)cs2)cc1. The molecule has 20 heavy (non-hydrogen) atoms. The molecule has 2 aromatic rings. The molecule has 1 aromatic carbocycles. The Morgan fingerprint density at radius 1 is 1.25 bits per heavy atom. The highest BCUT2D eigenvalue weighted by molar-refractivity contribution is 7.98. The summed E-state index contributed by atoms with van der Waals surface area (Å²) in [5.74, 6) is 0. The largest absolute Gasteiger partial charge is 0.388 e. The first-order chi connectivity index (χ1) is 9.40. The van der Waals surface area contributed by atoms with E-state index in [2.05, 4.69) is 37.4 Å². The molecule has 1 N–H and O–H groups in total. The second-order valence-corrected chi connectivity index (χ2v) is 7.69. The summed E-state index contributed by atoms with van der Waals surface area (Å²) < 4.78 is 0. The molecule has 0 saturated carbocycles. The number of rotatable bonds is 4. The Balaban J connectivity index is 2.07. The van der Waals surface area contributed by atoms with Gasteiger partial charge in [0.1, 0.15) is 0 Å². The molecule has 1 unspecified atom stereocenters. The van der Waals surface area contributed by atoms with Crippen LogP contribution in [0.15, 0.2) is 34.5 Å². The monoisotopic (exact) mass is 307 g/mol. The van der Waals surface area contributed by atoms with Gasteiger partial charge in [-0.3, -0.25) is 0 Å². The molecule has 0 bridgehead atoms. The molecule has 0 aliphatic carbocycles. The molecular formula is C16H21NOS2. The summed E-state index contributed by atoms with van der Waals surface area (Å²) in [5.41, 5.74) is 2.12. The predicted molar refractivity (Wildman–Crippen MR) is 87.7 cm³/mol. The van der Waals surface area contributed by atoms with Crippen molar-refractivity contribution >= 4 is 23.1 Å². The van der Waals surface area contributed by atoms with Gasteiger partial charge in [-0.15, -0.1) is 23.1 Å². The molecule has 2 rings (SSSR count). The Bertz CT molecular complexity index is 555. The molecule has 0 aliphatic rings. The van der Waals surface area contributed by atoms with Gasteiger partial charge >= 0.3 is 0 Å². The quantitative estimate of drug-likeness (QED) is 0.848. The molecule has 2 nitrogen and oxygen atoms in total. The van der Waals surface area contributed by atoms with Gasteiger partial charge < -0.3 is 5.11 Å². The molecule has 1 aromatic heterocycles. The van der Waals surface area contributed by atoms with Crippen LogP contribution in [-0.4, -0.2) is 16.3 Å². The molecule has 4 heteroatoms. The lowest BCUT2D eigenvalue weighted by Crippen LogP contribution is -2.12. The number of aliphatic hydroxyl groups is 1. The zero-order valence-corrected chi connectivity index (χ0v) is 14.0. The van der Waals surface area contributed by atoms with Gasteiger partial charge in [0.05, 0.1) is 16.8 Å².